The van der Waals surface area contributed by atoms with Crippen LogP contribution in [0.3, 0.4) is 0 Å². The van der Waals surface area contributed by atoms with Gasteiger partial charge >= 0.3 is 0 Å². The van der Waals surface area contributed by atoms with Gasteiger partial charge < -0.3 is 25.2 Å². The van der Waals surface area contributed by atoms with E-state index >= 15 is 0 Å². The van der Waals surface area contributed by atoms with Crippen molar-refractivity contribution >= 4 is 36.4 Å². The number of carbonyl (C=O) groups excluding carboxylic acids is 1. The molecule has 2 heterocycles. The molecular weight excluding hydrogens is 405 g/mol. The van der Waals surface area contributed by atoms with Crippen LogP contribution in [0.4, 0.5) is 5.69 Å². The van der Waals surface area contributed by atoms with Crippen LogP contribution in [0, 0.1) is 0 Å². The van der Waals surface area contributed by atoms with Crippen molar-refractivity contribution in [2.24, 2.45) is 0 Å². The number of nitrogens with zero attached hydrogens (tertiary/aromatic N) is 2. The van der Waals surface area contributed by atoms with Gasteiger partial charge in [0, 0.05) is 31.9 Å². The standard InChI is InChI=1S/C19H29N3O4.2ClH/c1-21(2)14-7-5-13(6-8-14)19(25)20-11-15-17(22-9-3-4-10-22)18(24)16(12-23)26-15;;/h5-8,15-18,23-24H,3-4,9-12H2,1-2H3,(H,20,25);2*1H/t15-,16+,17+,18-;;/m1../s1. The average Bonchev–Trinajstić information content (AvgIpc) is 3.27. The number of amides is 1. The Morgan fingerprint density at radius 2 is 1.79 bits per heavy atom. The van der Waals surface area contributed by atoms with Crippen molar-refractivity contribution in [3.8, 4) is 0 Å². The highest BCUT2D eigenvalue weighted by Gasteiger charge is 2.46. The zero-order valence-corrected chi connectivity index (χ0v) is 17.9. The molecule has 1 aromatic carbocycles. The van der Waals surface area contributed by atoms with Crippen LogP contribution in [0.15, 0.2) is 24.3 Å². The van der Waals surface area contributed by atoms with Crippen LogP contribution in [0.5, 0.6) is 0 Å². The summed E-state index contributed by atoms with van der Waals surface area (Å²) in [5.74, 6) is -0.166. The van der Waals surface area contributed by atoms with Crippen LogP contribution in [0.25, 0.3) is 0 Å². The molecule has 4 atom stereocenters. The molecular formula is C19H31Cl2N3O4. The van der Waals surface area contributed by atoms with Gasteiger partial charge in [-0.3, -0.25) is 9.69 Å². The fourth-order valence-corrected chi connectivity index (χ4v) is 3.84. The maximum absolute atomic E-state index is 12.4. The molecule has 0 unspecified atom stereocenters. The van der Waals surface area contributed by atoms with Gasteiger partial charge in [-0.05, 0) is 50.2 Å². The van der Waals surface area contributed by atoms with E-state index in [1.807, 2.05) is 31.1 Å². The number of rotatable bonds is 6. The minimum Gasteiger partial charge on any atom is -0.394 e. The van der Waals surface area contributed by atoms with E-state index in [4.69, 9.17) is 4.74 Å². The molecule has 0 bridgehead atoms. The molecule has 0 spiro atoms. The van der Waals surface area contributed by atoms with Gasteiger partial charge in [0.15, 0.2) is 0 Å². The number of aliphatic hydroxyl groups is 2. The maximum Gasteiger partial charge on any atom is 0.251 e. The van der Waals surface area contributed by atoms with Crippen molar-refractivity contribution in [1.82, 2.24) is 10.2 Å². The molecule has 2 aliphatic heterocycles. The highest BCUT2D eigenvalue weighted by Crippen LogP contribution is 2.28. The van der Waals surface area contributed by atoms with E-state index in [-0.39, 0.29) is 49.5 Å². The molecule has 2 saturated heterocycles. The Morgan fingerprint density at radius 3 is 2.32 bits per heavy atom. The van der Waals surface area contributed by atoms with Crippen molar-refractivity contribution in [2.75, 3.05) is 45.2 Å². The first-order valence-electron chi connectivity index (χ1n) is 9.25. The number of hydrogen-bond acceptors (Lipinski definition) is 6. The molecule has 1 aromatic rings. The van der Waals surface area contributed by atoms with Crippen molar-refractivity contribution in [3.05, 3.63) is 29.8 Å². The smallest absolute Gasteiger partial charge is 0.251 e. The average molecular weight is 436 g/mol. The zero-order valence-electron chi connectivity index (χ0n) is 16.3. The SMILES string of the molecule is CN(C)c1ccc(C(=O)NC[C@H]2O[C@@H](CO)[C@@H](O)[C@H]2N2CCCC2)cc1.Cl.Cl. The normalized spacial score (nSPS) is 27.0. The number of halogens is 2. The predicted molar refractivity (Wildman–Crippen MR) is 114 cm³/mol. The maximum atomic E-state index is 12.4. The molecule has 9 heteroatoms. The second-order valence-corrected chi connectivity index (χ2v) is 7.27. The lowest BCUT2D eigenvalue weighted by Crippen LogP contribution is -2.50. The number of carbonyl (C=O) groups is 1. The Balaban J connectivity index is 0.00000196. The number of likely N-dealkylation sites (tertiary alicyclic amines) is 1. The van der Waals surface area contributed by atoms with Gasteiger partial charge in [0.25, 0.3) is 5.91 Å². The van der Waals surface area contributed by atoms with Crippen LogP contribution in [-0.2, 0) is 4.74 Å². The van der Waals surface area contributed by atoms with Gasteiger partial charge in [-0.2, -0.15) is 0 Å². The van der Waals surface area contributed by atoms with Gasteiger partial charge in [0.1, 0.15) is 12.2 Å². The lowest BCUT2D eigenvalue weighted by atomic mass is 10.0. The topological polar surface area (TPSA) is 85.3 Å². The molecule has 160 valence electrons. The minimum absolute atomic E-state index is 0. The van der Waals surface area contributed by atoms with E-state index in [0.29, 0.717) is 12.1 Å². The largest absolute Gasteiger partial charge is 0.394 e. The van der Waals surface area contributed by atoms with E-state index in [9.17, 15) is 15.0 Å². The summed E-state index contributed by atoms with van der Waals surface area (Å²) in [7, 11) is 3.90. The summed E-state index contributed by atoms with van der Waals surface area (Å²) >= 11 is 0. The van der Waals surface area contributed by atoms with E-state index in [0.717, 1.165) is 31.6 Å². The Hall–Kier alpha value is -1.09. The van der Waals surface area contributed by atoms with E-state index < -0.39 is 12.2 Å². The first-order chi connectivity index (χ1) is 12.5. The molecule has 1 amide bonds. The molecule has 7 nitrogen and oxygen atoms in total. The lowest BCUT2D eigenvalue weighted by Gasteiger charge is -2.30. The highest BCUT2D eigenvalue weighted by atomic mass is 35.5. The first-order valence-corrected chi connectivity index (χ1v) is 9.25. The van der Waals surface area contributed by atoms with Gasteiger partial charge in [-0.25, -0.2) is 0 Å². The fraction of sp³-hybridized carbons (Fsp3) is 0.632. The molecule has 2 fully saturated rings. The van der Waals surface area contributed by atoms with Crippen molar-refractivity contribution in [1.29, 1.82) is 0 Å². The molecule has 0 aromatic heterocycles. The summed E-state index contributed by atoms with van der Waals surface area (Å²) in [6.07, 6.45) is 0.542. The quantitative estimate of drug-likeness (QED) is 0.615. The Kier molecular flexibility index (Phi) is 9.97. The van der Waals surface area contributed by atoms with Crippen molar-refractivity contribution in [3.63, 3.8) is 0 Å². The molecule has 2 aliphatic rings. The fourth-order valence-electron chi connectivity index (χ4n) is 3.84. The summed E-state index contributed by atoms with van der Waals surface area (Å²) in [4.78, 5) is 16.6. The lowest BCUT2D eigenvalue weighted by molar-refractivity contribution is -0.0209. The van der Waals surface area contributed by atoms with Gasteiger partial charge in [-0.15, -0.1) is 24.8 Å². The Labute approximate surface area is 178 Å². The minimum atomic E-state index is -0.737. The molecule has 0 radical (unpaired) electrons. The predicted octanol–water partition coefficient (Wildman–Crippen LogP) is 0.911. The Bertz CT molecular complexity index is 612. The van der Waals surface area contributed by atoms with Crippen molar-refractivity contribution < 1.29 is 19.7 Å². The third-order valence-electron chi connectivity index (χ3n) is 5.31. The van der Waals surface area contributed by atoms with Crippen LogP contribution in [-0.4, -0.2) is 85.7 Å². The number of anilines is 1. The Morgan fingerprint density at radius 1 is 1.18 bits per heavy atom. The van der Waals surface area contributed by atoms with E-state index in [2.05, 4.69) is 10.2 Å². The van der Waals surface area contributed by atoms with Crippen molar-refractivity contribution in [2.45, 2.75) is 37.2 Å². The van der Waals surface area contributed by atoms with Gasteiger partial charge in [0.2, 0.25) is 0 Å². The second-order valence-electron chi connectivity index (χ2n) is 7.27. The summed E-state index contributed by atoms with van der Waals surface area (Å²) in [6.45, 7) is 1.92. The second kappa shape index (κ2) is 11.2. The van der Waals surface area contributed by atoms with Crippen LogP contribution >= 0.6 is 24.8 Å². The highest BCUT2D eigenvalue weighted by molar-refractivity contribution is 5.94. The summed E-state index contributed by atoms with van der Waals surface area (Å²) in [5.41, 5.74) is 1.62. The first kappa shape index (κ1) is 24.9. The summed E-state index contributed by atoms with van der Waals surface area (Å²) in [5, 5.41) is 22.9. The molecule has 0 saturated carbocycles. The third kappa shape index (κ3) is 5.49. The molecule has 3 rings (SSSR count). The molecule has 3 N–H and O–H groups in total. The summed E-state index contributed by atoms with van der Waals surface area (Å²) in [6, 6.07) is 7.21. The number of ether oxygens (including phenoxy) is 1. The van der Waals surface area contributed by atoms with Gasteiger partial charge in [-0.1, -0.05) is 0 Å². The zero-order chi connectivity index (χ0) is 18.7. The third-order valence-corrected chi connectivity index (χ3v) is 5.31. The van der Waals surface area contributed by atoms with E-state index in [1.54, 1.807) is 12.1 Å². The van der Waals surface area contributed by atoms with E-state index in [1.165, 1.54) is 0 Å². The summed E-state index contributed by atoms with van der Waals surface area (Å²) < 4.78 is 5.82. The molecule has 28 heavy (non-hydrogen) atoms. The number of benzene rings is 1. The van der Waals surface area contributed by atoms with Crippen LogP contribution in [0.2, 0.25) is 0 Å². The molecule has 0 aliphatic carbocycles. The number of hydrogen-bond donors (Lipinski definition) is 3. The van der Waals surface area contributed by atoms with Crippen LogP contribution < -0.4 is 10.2 Å². The van der Waals surface area contributed by atoms with Crippen LogP contribution in [0.1, 0.15) is 23.2 Å². The monoisotopic (exact) mass is 435 g/mol. The number of nitrogens with one attached hydrogen (secondary N) is 1. The van der Waals surface area contributed by atoms with Gasteiger partial charge in [0.05, 0.1) is 18.8 Å². The number of aliphatic hydroxyl groups excluding tert-OH is 2.